The molecule has 0 aliphatic heterocycles. The highest BCUT2D eigenvalue weighted by Gasteiger charge is 2.14. The van der Waals surface area contributed by atoms with Crippen LogP contribution in [-0.4, -0.2) is 15.1 Å². The Bertz CT molecular complexity index is 663. The van der Waals surface area contributed by atoms with Gasteiger partial charge in [-0.05, 0) is 72.0 Å². The van der Waals surface area contributed by atoms with Crippen LogP contribution in [0.25, 0.3) is 11.4 Å². The van der Waals surface area contributed by atoms with Crippen LogP contribution in [0.1, 0.15) is 30.7 Å². The van der Waals surface area contributed by atoms with Gasteiger partial charge in [0.25, 0.3) is 0 Å². The quantitative estimate of drug-likeness (QED) is 0.570. The van der Waals surface area contributed by atoms with Crippen LogP contribution < -0.4 is 0 Å². The van der Waals surface area contributed by atoms with Gasteiger partial charge < -0.3 is 5.11 Å². The van der Waals surface area contributed by atoms with Crippen molar-refractivity contribution in [1.82, 2.24) is 9.97 Å². The zero-order valence-corrected chi connectivity index (χ0v) is 15.5. The molecule has 0 radical (unpaired) electrons. The average molecular weight is 417 g/mol. The molecule has 0 amide bonds. The lowest BCUT2D eigenvalue weighted by Crippen LogP contribution is -2.04. The summed E-state index contributed by atoms with van der Waals surface area (Å²) in [6, 6.07) is 3.78. The van der Waals surface area contributed by atoms with Crippen LogP contribution in [0, 0.1) is 23.3 Å². The normalized spacial score (nSPS) is 11.2. The molecule has 0 aliphatic carbocycles. The molecule has 0 spiro atoms. The number of hydrogen-bond acceptors (Lipinski definition) is 3. The largest absolute Gasteiger partial charge is 0.507 e. The van der Waals surface area contributed by atoms with Gasteiger partial charge in [0.2, 0.25) is 0 Å². The van der Waals surface area contributed by atoms with E-state index in [2.05, 4.69) is 46.4 Å². The van der Waals surface area contributed by atoms with E-state index < -0.39 is 0 Å². The molecule has 0 bridgehead atoms. The first kappa shape index (κ1) is 16.5. The number of benzene rings is 1. The molecular weight excluding hydrogens is 399 g/mol. The molecule has 1 aromatic carbocycles. The van der Waals surface area contributed by atoms with E-state index in [0.717, 1.165) is 32.4 Å². The third-order valence-electron chi connectivity index (χ3n) is 3.23. The number of hydrogen-bond donors (Lipinski definition) is 1. The van der Waals surface area contributed by atoms with Gasteiger partial charge in [-0.2, -0.15) is 0 Å². The summed E-state index contributed by atoms with van der Waals surface area (Å²) in [5.74, 6) is 1.43. The van der Waals surface area contributed by atoms with Crippen molar-refractivity contribution in [2.45, 2.75) is 34.1 Å². The summed E-state index contributed by atoms with van der Waals surface area (Å²) < 4.78 is 0.916. The van der Waals surface area contributed by atoms with Crippen molar-refractivity contribution < 1.29 is 5.11 Å². The summed E-state index contributed by atoms with van der Waals surface area (Å²) in [5.41, 5.74) is 3.48. The monoisotopic (exact) mass is 416 g/mol. The van der Waals surface area contributed by atoms with Crippen LogP contribution in [0.5, 0.6) is 5.75 Å². The van der Waals surface area contributed by atoms with Gasteiger partial charge in [0.1, 0.15) is 10.9 Å². The first-order chi connectivity index (χ1) is 9.79. The van der Waals surface area contributed by atoms with Crippen LogP contribution in [0.3, 0.4) is 0 Å². The van der Waals surface area contributed by atoms with E-state index in [1.165, 1.54) is 0 Å². The van der Waals surface area contributed by atoms with Crippen LogP contribution in [-0.2, 0) is 6.42 Å². The molecule has 0 saturated carbocycles. The summed E-state index contributed by atoms with van der Waals surface area (Å²) in [5, 5.41) is 10.4. The van der Waals surface area contributed by atoms with E-state index in [0.29, 0.717) is 22.6 Å². The van der Waals surface area contributed by atoms with Gasteiger partial charge in [-0.3, -0.25) is 0 Å². The molecule has 21 heavy (non-hydrogen) atoms. The smallest absolute Gasteiger partial charge is 0.161 e. The second kappa shape index (κ2) is 6.48. The van der Waals surface area contributed by atoms with Crippen LogP contribution in [0.2, 0.25) is 5.15 Å². The number of rotatable bonds is 3. The van der Waals surface area contributed by atoms with E-state index in [-0.39, 0.29) is 0 Å². The zero-order valence-electron chi connectivity index (χ0n) is 12.5. The van der Waals surface area contributed by atoms with Crippen molar-refractivity contribution in [2.24, 2.45) is 5.92 Å². The van der Waals surface area contributed by atoms with E-state index in [4.69, 9.17) is 11.6 Å². The molecule has 1 heterocycles. The molecule has 0 atom stereocenters. The first-order valence-corrected chi connectivity index (χ1v) is 8.27. The van der Waals surface area contributed by atoms with E-state index in [1.54, 1.807) is 0 Å². The standard InChI is InChI=1S/C16H18ClIN2O/c1-8(2)5-12-13(18)15(17)20-16(19-12)11-6-9(3)14(21)10(4)7-11/h6-8,21H,5H2,1-4H3. The molecule has 0 aliphatic rings. The molecule has 0 unspecified atom stereocenters. The summed E-state index contributed by atoms with van der Waals surface area (Å²) in [7, 11) is 0. The highest BCUT2D eigenvalue weighted by molar-refractivity contribution is 14.1. The molecule has 5 heteroatoms. The van der Waals surface area contributed by atoms with Crippen LogP contribution >= 0.6 is 34.2 Å². The van der Waals surface area contributed by atoms with Gasteiger partial charge in [-0.15, -0.1) is 0 Å². The predicted molar refractivity (Wildman–Crippen MR) is 94.9 cm³/mol. The maximum absolute atomic E-state index is 9.88. The average Bonchev–Trinajstić information content (AvgIpc) is 2.39. The van der Waals surface area contributed by atoms with Gasteiger partial charge in [-0.25, -0.2) is 9.97 Å². The highest BCUT2D eigenvalue weighted by Crippen LogP contribution is 2.30. The molecule has 1 aromatic heterocycles. The minimum Gasteiger partial charge on any atom is -0.507 e. The van der Waals surface area contributed by atoms with Gasteiger partial charge in [0.15, 0.2) is 5.82 Å². The van der Waals surface area contributed by atoms with Crippen molar-refractivity contribution in [3.05, 3.63) is 37.7 Å². The number of aromatic nitrogens is 2. The van der Waals surface area contributed by atoms with Crippen molar-refractivity contribution in [3.63, 3.8) is 0 Å². The maximum Gasteiger partial charge on any atom is 0.161 e. The van der Waals surface area contributed by atoms with E-state index in [1.807, 2.05) is 26.0 Å². The zero-order chi connectivity index (χ0) is 15.7. The first-order valence-electron chi connectivity index (χ1n) is 6.82. The Labute approximate surface area is 143 Å². The summed E-state index contributed by atoms with van der Waals surface area (Å²) in [6.45, 7) is 8.05. The molecule has 2 rings (SSSR count). The summed E-state index contributed by atoms with van der Waals surface area (Å²) in [6.07, 6.45) is 0.865. The predicted octanol–water partition coefficient (Wildman–Crippen LogP) is 4.92. The highest BCUT2D eigenvalue weighted by atomic mass is 127. The molecular formula is C16H18ClIN2O. The Kier molecular flexibility index (Phi) is 5.09. The topological polar surface area (TPSA) is 46.0 Å². The third kappa shape index (κ3) is 3.66. The van der Waals surface area contributed by atoms with Crippen LogP contribution in [0.4, 0.5) is 0 Å². The number of halogens is 2. The molecule has 0 fully saturated rings. The minimum absolute atomic E-state index is 0.317. The Morgan fingerprint density at radius 2 is 1.76 bits per heavy atom. The fourth-order valence-corrected chi connectivity index (χ4v) is 2.85. The minimum atomic E-state index is 0.317. The fraction of sp³-hybridized carbons (Fsp3) is 0.375. The lowest BCUT2D eigenvalue weighted by atomic mass is 10.0. The lowest BCUT2D eigenvalue weighted by Gasteiger charge is -2.12. The molecule has 2 aromatic rings. The number of aryl methyl sites for hydroxylation is 2. The number of phenolic OH excluding ortho intramolecular Hbond substituents is 1. The van der Waals surface area contributed by atoms with Gasteiger partial charge in [0, 0.05) is 5.56 Å². The third-order valence-corrected chi connectivity index (χ3v) is 4.96. The van der Waals surface area contributed by atoms with Crippen molar-refractivity contribution >= 4 is 34.2 Å². The second-order valence-corrected chi connectivity index (χ2v) is 7.09. The van der Waals surface area contributed by atoms with Gasteiger partial charge in [-0.1, -0.05) is 25.4 Å². The van der Waals surface area contributed by atoms with Crippen molar-refractivity contribution in [1.29, 1.82) is 0 Å². The van der Waals surface area contributed by atoms with E-state index in [9.17, 15) is 5.11 Å². The summed E-state index contributed by atoms with van der Waals surface area (Å²) in [4.78, 5) is 9.06. The van der Waals surface area contributed by atoms with Crippen molar-refractivity contribution in [3.8, 4) is 17.1 Å². The van der Waals surface area contributed by atoms with Crippen molar-refractivity contribution in [2.75, 3.05) is 0 Å². The number of aromatic hydroxyl groups is 1. The van der Waals surface area contributed by atoms with Gasteiger partial charge >= 0.3 is 0 Å². The Balaban J connectivity index is 2.57. The molecule has 112 valence electrons. The molecule has 1 N–H and O–H groups in total. The molecule has 3 nitrogen and oxygen atoms in total. The van der Waals surface area contributed by atoms with Gasteiger partial charge in [0.05, 0.1) is 9.26 Å². The SMILES string of the molecule is Cc1cc(-c2nc(Cl)c(I)c(CC(C)C)n2)cc(C)c1O. The summed E-state index contributed by atoms with van der Waals surface area (Å²) >= 11 is 8.45. The number of phenols is 1. The second-order valence-electron chi connectivity index (χ2n) is 5.66. The Morgan fingerprint density at radius 3 is 2.29 bits per heavy atom. The number of nitrogens with zero attached hydrogens (tertiary/aromatic N) is 2. The maximum atomic E-state index is 9.88. The molecule has 0 saturated heterocycles. The van der Waals surface area contributed by atoms with E-state index >= 15 is 0 Å². The Hall–Kier alpha value is -0.880. The van der Waals surface area contributed by atoms with Crippen LogP contribution in [0.15, 0.2) is 12.1 Å². The Morgan fingerprint density at radius 1 is 1.19 bits per heavy atom. The lowest BCUT2D eigenvalue weighted by molar-refractivity contribution is 0.467. The fourth-order valence-electron chi connectivity index (χ4n) is 2.20.